The van der Waals surface area contributed by atoms with Gasteiger partial charge in [0.2, 0.25) is 0 Å². The van der Waals surface area contributed by atoms with Crippen LogP contribution in [0.4, 0.5) is 0 Å². The predicted octanol–water partition coefficient (Wildman–Crippen LogP) is 3.35. The summed E-state index contributed by atoms with van der Waals surface area (Å²) < 4.78 is 5.85. The first kappa shape index (κ1) is 16.0. The molecule has 1 aromatic rings. The highest BCUT2D eigenvalue weighted by molar-refractivity contribution is 7.10. The third-order valence-electron chi connectivity index (χ3n) is 4.04. The van der Waals surface area contributed by atoms with E-state index in [1.165, 1.54) is 17.7 Å². The van der Waals surface area contributed by atoms with Crippen molar-refractivity contribution in [3.05, 3.63) is 22.4 Å². The van der Waals surface area contributed by atoms with E-state index in [9.17, 15) is 5.11 Å². The fourth-order valence-corrected chi connectivity index (χ4v) is 3.55. The Morgan fingerprint density at radius 1 is 1.50 bits per heavy atom. The maximum absolute atomic E-state index is 10.0. The monoisotopic (exact) mass is 297 g/mol. The van der Waals surface area contributed by atoms with Gasteiger partial charge in [-0.2, -0.15) is 0 Å². The van der Waals surface area contributed by atoms with Crippen LogP contribution in [0.1, 0.15) is 50.4 Å². The Kier molecular flexibility index (Phi) is 6.49. The summed E-state index contributed by atoms with van der Waals surface area (Å²) in [6, 6.07) is 4.47. The Bertz CT molecular complexity index is 369. The van der Waals surface area contributed by atoms with Crippen molar-refractivity contribution in [3.63, 3.8) is 0 Å². The topological polar surface area (TPSA) is 41.5 Å². The highest BCUT2D eigenvalue weighted by Gasteiger charge is 2.20. The third kappa shape index (κ3) is 5.17. The van der Waals surface area contributed by atoms with Crippen LogP contribution < -0.4 is 5.32 Å². The number of hydrogen-bond donors (Lipinski definition) is 2. The molecule has 114 valence electrons. The van der Waals surface area contributed by atoms with Gasteiger partial charge in [-0.25, -0.2) is 0 Å². The fourth-order valence-electron chi connectivity index (χ4n) is 2.79. The van der Waals surface area contributed by atoms with Gasteiger partial charge in [0.1, 0.15) is 0 Å². The van der Waals surface area contributed by atoms with Crippen molar-refractivity contribution in [1.29, 1.82) is 0 Å². The molecule has 4 unspecified atom stereocenters. The van der Waals surface area contributed by atoms with Crippen molar-refractivity contribution in [2.45, 2.75) is 57.8 Å². The second kappa shape index (κ2) is 8.13. The summed E-state index contributed by atoms with van der Waals surface area (Å²) in [5, 5.41) is 15.5. The molecule has 4 heteroatoms. The second-order valence-electron chi connectivity index (χ2n) is 6.03. The van der Waals surface area contributed by atoms with Crippen molar-refractivity contribution in [2.75, 3.05) is 13.2 Å². The number of hydrogen-bond acceptors (Lipinski definition) is 4. The first-order valence-corrected chi connectivity index (χ1v) is 8.59. The lowest BCUT2D eigenvalue weighted by atomic mass is 9.89. The summed E-state index contributed by atoms with van der Waals surface area (Å²) in [4.78, 5) is 1.30. The molecule has 20 heavy (non-hydrogen) atoms. The van der Waals surface area contributed by atoms with E-state index >= 15 is 0 Å². The van der Waals surface area contributed by atoms with Gasteiger partial charge in [-0.15, -0.1) is 11.3 Å². The van der Waals surface area contributed by atoms with Gasteiger partial charge in [-0.05, 0) is 37.1 Å². The quantitative estimate of drug-likeness (QED) is 0.811. The summed E-state index contributed by atoms with van der Waals surface area (Å²) >= 11 is 1.74. The van der Waals surface area contributed by atoms with E-state index in [1.54, 1.807) is 11.3 Å². The predicted molar refractivity (Wildman–Crippen MR) is 84.1 cm³/mol. The lowest BCUT2D eigenvalue weighted by Gasteiger charge is -2.27. The van der Waals surface area contributed by atoms with Gasteiger partial charge in [-0.1, -0.05) is 25.8 Å². The molecule has 1 fully saturated rings. The standard InChI is InChI=1S/C16H27NO2S/c1-12-5-3-6-15(9-12)19-11-14(18)10-17-13(2)16-7-4-8-20-16/h4,7-8,12-15,17-18H,3,5-6,9-11H2,1-2H3. The lowest BCUT2D eigenvalue weighted by molar-refractivity contribution is -0.0310. The highest BCUT2D eigenvalue weighted by atomic mass is 32.1. The van der Waals surface area contributed by atoms with Gasteiger partial charge in [0.25, 0.3) is 0 Å². The number of rotatable bonds is 7. The van der Waals surface area contributed by atoms with Gasteiger partial charge < -0.3 is 15.2 Å². The maximum atomic E-state index is 10.0. The third-order valence-corrected chi connectivity index (χ3v) is 5.10. The van der Waals surface area contributed by atoms with Gasteiger partial charge in [0.05, 0.1) is 18.8 Å². The first-order valence-electron chi connectivity index (χ1n) is 7.71. The summed E-state index contributed by atoms with van der Waals surface area (Å²) in [7, 11) is 0. The van der Waals surface area contributed by atoms with Crippen LogP contribution in [0.25, 0.3) is 0 Å². The Labute approximate surface area is 126 Å². The Balaban J connectivity index is 1.61. The number of nitrogens with one attached hydrogen (secondary N) is 1. The molecule has 3 nitrogen and oxygen atoms in total. The van der Waals surface area contributed by atoms with Crippen LogP contribution in [0.3, 0.4) is 0 Å². The summed E-state index contributed by atoms with van der Waals surface area (Å²) in [5.41, 5.74) is 0. The molecule has 0 spiro atoms. The fraction of sp³-hybridized carbons (Fsp3) is 0.750. The minimum Gasteiger partial charge on any atom is -0.389 e. The van der Waals surface area contributed by atoms with Crippen LogP contribution in [0.5, 0.6) is 0 Å². The first-order chi connectivity index (χ1) is 9.65. The summed E-state index contributed by atoms with van der Waals surface area (Å²) in [6.45, 7) is 5.45. The highest BCUT2D eigenvalue weighted by Crippen LogP contribution is 2.25. The number of aliphatic hydroxyl groups excluding tert-OH is 1. The molecule has 1 saturated carbocycles. The normalized spacial score (nSPS) is 26.4. The number of ether oxygens (including phenoxy) is 1. The number of thiophene rings is 1. The van der Waals surface area contributed by atoms with E-state index in [1.807, 2.05) is 0 Å². The molecule has 1 aromatic heterocycles. The average Bonchev–Trinajstić information content (AvgIpc) is 2.97. The van der Waals surface area contributed by atoms with Gasteiger partial charge in [0.15, 0.2) is 0 Å². The summed E-state index contributed by atoms with van der Waals surface area (Å²) in [5.74, 6) is 0.767. The van der Waals surface area contributed by atoms with Crippen LogP contribution in [0.15, 0.2) is 17.5 Å². The molecule has 0 aliphatic heterocycles. The molecule has 1 aliphatic carbocycles. The zero-order chi connectivity index (χ0) is 14.4. The molecular weight excluding hydrogens is 270 g/mol. The number of aliphatic hydroxyl groups is 1. The molecular formula is C16H27NO2S. The van der Waals surface area contributed by atoms with Crippen LogP contribution in [0, 0.1) is 5.92 Å². The van der Waals surface area contributed by atoms with Gasteiger partial charge >= 0.3 is 0 Å². The molecule has 0 radical (unpaired) electrons. The van der Waals surface area contributed by atoms with Crippen molar-refractivity contribution >= 4 is 11.3 Å². The molecule has 0 bridgehead atoms. The van der Waals surface area contributed by atoms with E-state index < -0.39 is 6.10 Å². The largest absolute Gasteiger partial charge is 0.389 e. The van der Waals surface area contributed by atoms with Crippen LogP contribution in [-0.4, -0.2) is 30.5 Å². The SMILES string of the molecule is CC1CCCC(OCC(O)CNC(C)c2cccs2)C1. The van der Waals surface area contributed by atoms with Gasteiger partial charge in [0, 0.05) is 17.5 Å². The minimum absolute atomic E-state index is 0.291. The van der Waals surface area contributed by atoms with E-state index in [4.69, 9.17) is 4.74 Å². The zero-order valence-corrected chi connectivity index (χ0v) is 13.4. The van der Waals surface area contributed by atoms with Crippen molar-refractivity contribution in [1.82, 2.24) is 5.32 Å². The minimum atomic E-state index is -0.422. The van der Waals surface area contributed by atoms with Crippen LogP contribution >= 0.6 is 11.3 Å². The molecule has 0 saturated heterocycles. The summed E-state index contributed by atoms with van der Waals surface area (Å²) in [6.07, 6.45) is 4.80. The molecule has 0 amide bonds. The van der Waals surface area contributed by atoms with E-state index in [0.717, 1.165) is 18.8 Å². The van der Waals surface area contributed by atoms with Crippen LogP contribution in [0.2, 0.25) is 0 Å². The van der Waals surface area contributed by atoms with Crippen LogP contribution in [-0.2, 0) is 4.74 Å². The van der Waals surface area contributed by atoms with E-state index in [2.05, 4.69) is 36.7 Å². The average molecular weight is 297 g/mol. The molecule has 2 N–H and O–H groups in total. The lowest BCUT2D eigenvalue weighted by Crippen LogP contribution is -2.34. The maximum Gasteiger partial charge on any atom is 0.0898 e. The molecule has 0 aromatic carbocycles. The van der Waals surface area contributed by atoms with Crippen molar-refractivity contribution in [3.8, 4) is 0 Å². The second-order valence-corrected chi connectivity index (χ2v) is 7.01. The van der Waals surface area contributed by atoms with Crippen molar-refractivity contribution < 1.29 is 9.84 Å². The van der Waals surface area contributed by atoms with E-state index in [-0.39, 0.29) is 0 Å². The molecule has 1 heterocycles. The van der Waals surface area contributed by atoms with Crippen molar-refractivity contribution in [2.24, 2.45) is 5.92 Å². The molecule has 2 rings (SSSR count). The zero-order valence-electron chi connectivity index (χ0n) is 12.5. The Morgan fingerprint density at radius 2 is 2.35 bits per heavy atom. The van der Waals surface area contributed by atoms with E-state index in [0.29, 0.717) is 25.3 Å². The Hall–Kier alpha value is -0.420. The Morgan fingerprint density at radius 3 is 3.05 bits per heavy atom. The molecule has 1 aliphatic rings. The smallest absolute Gasteiger partial charge is 0.0898 e. The molecule has 4 atom stereocenters. The van der Waals surface area contributed by atoms with Gasteiger partial charge in [-0.3, -0.25) is 0 Å².